The molecule has 0 aliphatic heterocycles. The van der Waals surface area contributed by atoms with Crippen molar-refractivity contribution in [2.75, 3.05) is 0 Å². The van der Waals surface area contributed by atoms with Gasteiger partial charge >= 0.3 is 0 Å². The zero-order chi connectivity index (χ0) is 14.9. The number of aliphatic hydroxyl groups is 1. The van der Waals surface area contributed by atoms with Gasteiger partial charge in [0.05, 0.1) is 16.8 Å². The van der Waals surface area contributed by atoms with E-state index in [1.54, 1.807) is 6.07 Å². The standard InChI is InChI=1S/C15H17ClFNOS/c1-15(2,3)12-8-20-13(18-12)7-11(19)14-9(16)5-4-6-10(14)17/h4-6,8,11,19H,7H2,1-3H3. The number of aliphatic hydroxyl groups excluding tert-OH is 1. The van der Waals surface area contributed by atoms with Crippen LogP contribution >= 0.6 is 22.9 Å². The second-order valence-electron chi connectivity index (χ2n) is 5.73. The van der Waals surface area contributed by atoms with E-state index in [1.165, 1.54) is 23.5 Å². The van der Waals surface area contributed by atoms with Crippen molar-refractivity contribution in [1.29, 1.82) is 0 Å². The molecule has 1 aromatic carbocycles. The normalized spacial score (nSPS) is 13.5. The third kappa shape index (κ3) is 3.37. The van der Waals surface area contributed by atoms with Crippen LogP contribution in [-0.2, 0) is 11.8 Å². The molecule has 0 radical (unpaired) electrons. The van der Waals surface area contributed by atoms with Gasteiger partial charge in [-0.3, -0.25) is 0 Å². The fourth-order valence-electron chi connectivity index (χ4n) is 1.85. The number of aromatic nitrogens is 1. The van der Waals surface area contributed by atoms with Gasteiger partial charge in [-0.25, -0.2) is 9.37 Å². The van der Waals surface area contributed by atoms with Crippen molar-refractivity contribution < 1.29 is 9.50 Å². The van der Waals surface area contributed by atoms with Gasteiger partial charge in [0.25, 0.3) is 0 Å². The average molecular weight is 314 g/mol. The summed E-state index contributed by atoms with van der Waals surface area (Å²) in [4.78, 5) is 4.50. The molecule has 0 spiro atoms. The highest BCUT2D eigenvalue weighted by Crippen LogP contribution is 2.30. The SMILES string of the molecule is CC(C)(C)c1csc(CC(O)c2c(F)cccc2Cl)n1. The van der Waals surface area contributed by atoms with Crippen molar-refractivity contribution in [1.82, 2.24) is 4.98 Å². The minimum atomic E-state index is -0.984. The lowest BCUT2D eigenvalue weighted by molar-refractivity contribution is 0.173. The smallest absolute Gasteiger partial charge is 0.130 e. The molecule has 20 heavy (non-hydrogen) atoms. The topological polar surface area (TPSA) is 33.1 Å². The fraction of sp³-hybridized carbons (Fsp3) is 0.400. The van der Waals surface area contributed by atoms with Crippen molar-refractivity contribution in [2.45, 2.75) is 38.7 Å². The van der Waals surface area contributed by atoms with Crippen molar-refractivity contribution in [3.8, 4) is 0 Å². The van der Waals surface area contributed by atoms with E-state index >= 15 is 0 Å². The molecule has 0 aliphatic rings. The van der Waals surface area contributed by atoms with E-state index in [9.17, 15) is 9.50 Å². The van der Waals surface area contributed by atoms with Crippen LogP contribution in [0.15, 0.2) is 23.6 Å². The van der Waals surface area contributed by atoms with Crippen molar-refractivity contribution in [3.63, 3.8) is 0 Å². The predicted octanol–water partition coefficient (Wildman–Crippen LogP) is 4.51. The molecule has 0 aliphatic carbocycles. The van der Waals surface area contributed by atoms with Gasteiger partial charge in [0, 0.05) is 27.8 Å². The lowest BCUT2D eigenvalue weighted by Crippen LogP contribution is -2.12. The zero-order valence-corrected chi connectivity index (χ0v) is 13.2. The van der Waals surface area contributed by atoms with E-state index in [2.05, 4.69) is 25.8 Å². The summed E-state index contributed by atoms with van der Waals surface area (Å²) in [5.41, 5.74) is 1.08. The van der Waals surface area contributed by atoms with Crippen LogP contribution in [0.5, 0.6) is 0 Å². The Morgan fingerprint density at radius 3 is 2.65 bits per heavy atom. The van der Waals surface area contributed by atoms with Crippen LogP contribution in [0.25, 0.3) is 0 Å². The lowest BCUT2D eigenvalue weighted by atomic mass is 9.93. The first-order chi connectivity index (χ1) is 9.29. The minimum Gasteiger partial charge on any atom is -0.388 e. The van der Waals surface area contributed by atoms with Gasteiger partial charge < -0.3 is 5.11 Å². The summed E-state index contributed by atoms with van der Waals surface area (Å²) in [6.45, 7) is 6.24. The maximum absolute atomic E-state index is 13.7. The molecule has 0 fully saturated rings. The van der Waals surface area contributed by atoms with Crippen LogP contribution in [0, 0.1) is 5.82 Å². The van der Waals surface area contributed by atoms with E-state index in [0.29, 0.717) is 0 Å². The Bertz CT molecular complexity index is 586. The number of benzene rings is 1. The second kappa shape index (κ2) is 5.80. The van der Waals surface area contributed by atoms with Gasteiger partial charge in [-0.05, 0) is 12.1 Å². The number of hydrogen-bond acceptors (Lipinski definition) is 3. The van der Waals surface area contributed by atoms with Crippen molar-refractivity contribution in [2.24, 2.45) is 0 Å². The van der Waals surface area contributed by atoms with Gasteiger partial charge in [-0.2, -0.15) is 0 Å². The van der Waals surface area contributed by atoms with Crippen LogP contribution in [-0.4, -0.2) is 10.1 Å². The Labute approximate surface area is 127 Å². The number of rotatable bonds is 3. The average Bonchev–Trinajstić information content (AvgIpc) is 2.76. The summed E-state index contributed by atoms with van der Waals surface area (Å²) < 4.78 is 13.7. The van der Waals surface area contributed by atoms with Crippen molar-refractivity contribution in [3.05, 3.63) is 50.7 Å². The molecule has 0 saturated heterocycles. The predicted molar refractivity (Wildman–Crippen MR) is 80.9 cm³/mol. The number of hydrogen-bond donors (Lipinski definition) is 1. The molecule has 1 unspecified atom stereocenters. The molecule has 108 valence electrons. The quantitative estimate of drug-likeness (QED) is 0.904. The molecule has 1 atom stereocenters. The molecule has 0 amide bonds. The van der Waals surface area contributed by atoms with E-state index in [-0.39, 0.29) is 22.4 Å². The summed E-state index contributed by atoms with van der Waals surface area (Å²) in [6, 6.07) is 4.40. The largest absolute Gasteiger partial charge is 0.388 e. The van der Waals surface area contributed by atoms with E-state index in [4.69, 9.17) is 11.6 Å². The molecule has 1 aromatic heterocycles. The highest BCUT2D eigenvalue weighted by atomic mass is 35.5. The number of thiazole rings is 1. The van der Waals surface area contributed by atoms with E-state index in [1.807, 2.05) is 5.38 Å². The zero-order valence-electron chi connectivity index (χ0n) is 11.7. The second-order valence-corrected chi connectivity index (χ2v) is 7.08. The molecule has 5 heteroatoms. The maximum Gasteiger partial charge on any atom is 0.130 e. The minimum absolute atomic E-state index is 0.0324. The maximum atomic E-state index is 13.7. The molecule has 2 aromatic rings. The third-order valence-corrected chi connectivity index (χ3v) is 4.22. The first-order valence-corrected chi connectivity index (χ1v) is 7.61. The summed E-state index contributed by atoms with van der Waals surface area (Å²) in [6.07, 6.45) is -0.718. The van der Waals surface area contributed by atoms with E-state index in [0.717, 1.165) is 10.7 Å². The van der Waals surface area contributed by atoms with Gasteiger partial charge in [-0.15, -0.1) is 11.3 Å². The summed E-state index contributed by atoms with van der Waals surface area (Å²) >= 11 is 7.43. The van der Waals surface area contributed by atoms with Gasteiger partial charge in [0.1, 0.15) is 5.82 Å². The number of nitrogens with zero attached hydrogens (tertiary/aromatic N) is 1. The van der Waals surface area contributed by atoms with Gasteiger partial charge in [0.15, 0.2) is 0 Å². The Balaban J connectivity index is 2.20. The first kappa shape index (κ1) is 15.4. The Hall–Kier alpha value is -0.970. The third-order valence-electron chi connectivity index (χ3n) is 3.02. The monoisotopic (exact) mass is 313 g/mol. The highest BCUT2D eigenvalue weighted by Gasteiger charge is 2.21. The molecule has 0 bridgehead atoms. The van der Waals surface area contributed by atoms with Gasteiger partial charge in [-0.1, -0.05) is 38.4 Å². The Morgan fingerprint density at radius 1 is 1.40 bits per heavy atom. The molecule has 2 nitrogen and oxygen atoms in total. The molecule has 2 rings (SSSR count). The van der Waals surface area contributed by atoms with Crippen LogP contribution in [0.2, 0.25) is 5.02 Å². The summed E-state index contributed by atoms with van der Waals surface area (Å²) in [5, 5.41) is 13.2. The van der Waals surface area contributed by atoms with Crippen LogP contribution in [0.1, 0.15) is 43.1 Å². The summed E-state index contributed by atoms with van der Waals surface area (Å²) in [5.74, 6) is -0.488. The molecule has 0 saturated carbocycles. The van der Waals surface area contributed by atoms with Crippen molar-refractivity contribution >= 4 is 22.9 Å². The molecular formula is C15H17ClFNOS. The number of halogens is 2. The highest BCUT2D eigenvalue weighted by molar-refractivity contribution is 7.09. The fourth-order valence-corrected chi connectivity index (χ4v) is 3.19. The van der Waals surface area contributed by atoms with E-state index < -0.39 is 11.9 Å². The van der Waals surface area contributed by atoms with Crippen LogP contribution in [0.3, 0.4) is 0 Å². The Morgan fingerprint density at radius 2 is 2.10 bits per heavy atom. The molecule has 1 heterocycles. The first-order valence-electron chi connectivity index (χ1n) is 6.36. The Kier molecular flexibility index (Phi) is 4.47. The molecular weight excluding hydrogens is 297 g/mol. The van der Waals surface area contributed by atoms with Crippen LogP contribution < -0.4 is 0 Å². The summed E-state index contributed by atoms with van der Waals surface area (Å²) in [7, 11) is 0. The molecule has 1 N–H and O–H groups in total. The lowest BCUT2D eigenvalue weighted by Gasteiger charge is -2.15. The van der Waals surface area contributed by atoms with Crippen LogP contribution in [0.4, 0.5) is 4.39 Å². The van der Waals surface area contributed by atoms with Gasteiger partial charge in [0.2, 0.25) is 0 Å².